The highest BCUT2D eigenvalue weighted by molar-refractivity contribution is 6.66. The summed E-state index contributed by atoms with van der Waals surface area (Å²) in [6.07, 6.45) is 3.82. The molecule has 0 spiro atoms. The molecule has 1 saturated carbocycles. The summed E-state index contributed by atoms with van der Waals surface area (Å²) in [6.45, 7) is 0.631. The van der Waals surface area contributed by atoms with Gasteiger partial charge in [0.2, 0.25) is 0 Å². The minimum Gasteiger partial charge on any atom is -0.277 e. The topological polar surface area (TPSA) is 67.2 Å². The van der Waals surface area contributed by atoms with Gasteiger partial charge in [-0.3, -0.25) is 14.3 Å². The highest BCUT2D eigenvalue weighted by Crippen LogP contribution is 2.30. The fourth-order valence-corrected chi connectivity index (χ4v) is 2.50. The Bertz CT molecular complexity index is 610. The number of fused-ring (bicyclic) bond motifs is 1. The molecule has 0 radical (unpaired) electrons. The quantitative estimate of drug-likeness (QED) is 0.860. The van der Waals surface area contributed by atoms with Gasteiger partial charge in [0, 0.05) is 13.0 Å². The van der Waals surface area contributed by atoms with Crippen LogP contribution in [0.3, 0.4) is 0 Å². The number of hydrogen-bond acceptors (Lipinski definition) is 3. The molecule has 90 valence electrons. The standard InChI is InChI=1S/C11H12ClN3O2/c12-8-4-7-9(13-8)15(5-6-2-1-3-6)11(17)14-10(7)16/h6H,1-5H2,(H,14,16,17). The third-order valence-electron chi connectivity index (χ3n) is 3.48. The summed E-state index contributed by atoms with van der Waals surface area (Å²) < 4.78 is 1.55. The van der Waals surface area contributed by atoms with Crippen LogP contribution in [0.2, 0.25) is 0 Å². The van der Waals surface area contributed by atoms with Crippen LogP contribution in [0.15, 0.2) is 14.6 Å². The molecule has 3 rings (SSSR count). The third-order valence-corrected chi connectivity index (χ3v) is 3.70. The zero-order valence-electron chi connectivity index (χ0n) is 9.20. The third kappa shape index (κ3) is 1.74. The molecular weight excluding hydrogens is 242 g/mol. The molecule has 0 aromatic carbocycles. The van der Waals surface area contributed by atoms with Crippen molar-refractivity contribution in [2.24, 2.45) is 10.9 Å². The van der Waals surface area contributed by atoms with Crippen molar-refractivity contribution in [1.29, 1.82) is 0 Å². The Kier molecular flexibility index (Phi) is 2.43. The molecule has 1 aliphatic heterocycles. The monoisotopic (exact) mass is 253 g/mol. The summed E-state index contributed by atoms with van der Waals surface area (Å²) in [4.78, 5) is 29.8. The van der Waals surface area contributed by atoms with Crippen LogP contribution in [0.4, 0.5) is 5.82 Å². The molecule has 1 aromatic rings. The van der Waals surface area contributed by atoms with Gasteiger partial charge in [-0.05, 0) is 18.8 Å². The molecular formula is C11H12ClN3O2. The lowest BCUT2D eigenvalue weighted by Gasteiger charge is -2.26. The first-order valence-corrected chi connectivity index (χ1v) is 6.12. The van der Waals surface area contributed by atoms with Crippen LogP contribution in [-0.2, 0) is 13.0 Å². The van der Waals surface area contributed by atoms with E-state index < -0.39 is 0 Å². The molecule has 0 amide bonds. The van der Waals surface area contributed by atoms with Crippen molar-refractivity contribution in [1.82, 2.24) is 9.55 Å². The Hall–Kier alpha value is -1.36. The van der Waals surface area contributed by atoms with Gasteiger partial charge >= 0.3 is 5.69 Å². The zero-order valence-corrected chi connectivity index (χ0v) is 9.96. The first kappa shape index (κ1) is 10.8. The Morgan fingerprint density at radius 1 is 1.41 bits per heavy atom. The maximum Gasteiger partial charge on any atom is 0.329 e. The van der Waals surface area contributed by atoms with E-state index in [1.54, 1.807) is 4.57 Å². The largest absolute Gasteiger partial charge is 0.329 e. The van der Waals surface area contributed by atoms with Crippen LogP contribution < -0.4 is 11.2 Å². The molecule has 2 heterocycles. The van der Waals surface area contributed by atoms with Gasteiger partial charge in [-0.25, -0.2) is 9.79 Å². The van der Waals surface area contributed by atoms with Gasteiger partial charge in [0.05, 0.1) is 5.56 Å². The van der Waals surface area contributed by atoms with Crippen molar-refractivity contribution in [3.8, 4) is 0 Å². The summed E-state index contributed by atoms with van der Waals surface area (Å²) >= 11 is 5.84. The number of aromatic nitrogens is 2. The number of nitrogens with zero attached hydrogens (tertiary/aromatic N) is 2. The summed E-state index contributed by atoms with van der Waals surface area (Å²) in [5.41, 5.74) is -0.237. The van der Waals surface area contributed by atoms with Gasteiger partial charge in [-0.15, -0.1) is 0 Å². The van der Waals surface area contributed by atoms with Gasteiger partial charge in [0.1, 0.15) is 11.0 Å². The molecule has 1 fully saturated rings. The van der Waals surface area contributed by atoms with Crippen molar-refractivity contribution >= 4 is 22.6 Å². The summed E-state index contributed by atoms with van der Waals surface area (Å²) in [5, 5.41) is 0.374. The predicted molar refractivity (Wildman–Crippen MR) is 65.3 cm³/mol. The number of aliphatic imine (C=N–C) groups is 1. The number of halogens is 1. The lowest BCUT2D eigenvalue weighted by molar-refractivity contribution is 0.273. The SMILES string of the molecule is O=c1[nH]c(=O)n(CC2CCC2)c2c1CC(Cl)=N2. The maximum atomic E-state index is 11.8. The van der Waals surface area contributed by atoms with Crippen LogP contribution in [0.25, 0.3) is 0 Å². The van der Waals surface area contributed by atoms with Gasteiger partial charge in [-0.1, -0.05) is 18.0 Å². The first-order chi connectivity index (χ1) is 8.15. The van der Waals surface area contributed by atoms with E-state index in [0.717, 1.165) is 12.8 Å². The molecule has 2 aliphatic rings. The lowest BCUT2D eigenvalue weighted by Crippen LogP contribution is -2.34. The zero-order chi connectivity index (χ0) is 12.0. The average Bonchev–Trinajstić information content (AvgIpc) is 2.57. The summed E-state index contributed by atoms with van der Waals surface area (Å²) in [5.74, 6) is 0.980. The Balaban J connectivity index is 2.10. The number of aromatic amines is 1. The molecule has 0 atom stereocenters. The summed E-state index contributed by atoms with van der Waals surface area (Å²) in [7, 11) is 0. The van der Waals surface area contributed by atoms with E-state index >= 15 is 0 Å². The summed E-state index contributed by atoms with van der Waals surface area (Å²) in [6, 6.07) is 0. The van der Waals surface area contributed by atoms with Crippen molar-refractivity contribution in [3.63, 3.8) is 0 Å². The number of H-pyrrole nitrogens is 1. The Morgan fingerprint density at radius 2 is 2.18 bits per heavy atom. The minimum absolute atomic E-state index is 0.331. The average molecular weight is 254 g/mol. The van der Waals surface area contributed by atoms with Gasteiger partial charge in [0.25, 0.3) is 5.56 Å². The minimum atomic E-state index is -0.379. The fourth-order valence-electron chi connectivity index (χ4n) is 2.29. The van der Waals surface area contributed by atoms with Crippen LogP contribution in [0, 0.1) is 5.92 Å². The molecule has 0 bridgehead atoms. The number of hydrogen-bond donors (Lipinski definition) is 1. The van der Waals surface area contributed by atoms with E-state index in [1.807, 2.05) is 0 Å². The van der Waals surface area contributed by atoms with Gasteiger partial charge in [-0.2, -0.15) is 0 Å². The van der Waals surface area contributed by atoms with Gasteiger partial charge < -0.3 is 0 Å². The van der Waals surface area contributed by atoms with Gasteiger partial charge in [0.15, 0.2) is 0 Å². The van der Waals surface area contributed by atoms with Crippen molar-refractivity contribution in [2.45, 2.75) is 32.2 Å². The molecule has 17 heavy (non-hydrogen) atoms. The molecule has 1 aliphatic carbocycles. The second kappa shape index (κ2) is 3.84. The van der Waals surface area contributed by atoms with E-state index in [-0.39, 0.29) is 11.2 Å². The van der Waals surface area contributed by atoms with Crippen molar-refractivity contribution in [2.75, 3.05) is 0 Å². The molecule has 5 nitrogen and oxygen atoms in total. The highest BCUT2D eigenvalue weighted by Gasteiger charge is 2.25. The molecule has 6 heteroatoms. The molecule has 1 N–H and O–H groups in total. The maximum absolute atomic E-state index is 11.8. The van der Waals surface area contributed by atoms with E-state index in [2.05, 4.69) is 9.98 Å². The van der Waals surface area contributed by atoms with Crippen molar-refractivity contribution in [3.05, 3.63) is 26.4 Å². The van der Waals surface area contributed by atoms with E-state index in [9.17, 15) is 9.59 Å². The highest BCUT2D eigenvalue weighted by atomic mass is 35.5. The van der Waals surface area contributed by atoms with Crippen LogP contribution in [0.5, 0.6) is 0 Å². The molecule has 0 unspecified atom stereocenters. The number of nitrogens with one attached hydrogen (secondary N) is 1. The van der Waals surface area contributed by atoms with E-state index in [4.69, 9.17) is 11.6 Å². The Morgan fingerprint density at radius 3 is 2.82 bits per heavy atom. The predicted octanol–water partition coefficient (Wildman–Crippen LogP) is 1.16. The van der Waals surface area contributed by atoms with Crippen LogP contribution >= 0.6 is 11.6 Å². The Labute approximate surface area is 102 Å². The lowest BCUT2D eigenvalue weighted by atomic mass is 9.85. The van der Waals surface area contributed by atoms with E-state index in [0.29, 0.717) is 35.4 Å². The smallest absolute Gasteiger partial charge is 0.277 e. The number of rotatable bonds is 2. The van der Waals surface area contributed by atoms with E-state index in [1.165, 1.54) is 6.42 Å². The second-order valence-corrected chi connectivity index (χ2v) is 5.07. The second-order valence-electron chi connectivity index (χ2n) is 4.63. The first-order valence-electron chi connectivity index (χ1n) is 5.74. The van der Waals surface area contributed by atoms with Crippen LogP contribution in [-0.4, -0.2) is 14.7 Å². The molecule has 0 saturated heterocycles. The van der Waals surface area contributed by atoms with Crippen LogP contribution in [0.1, 0.15) is 24.8 Å². The molecule has 1 aromatic heterocycles. The van der Waals surface area contributed by atoms with Crippen molar-refractivity contribution < 1.29 is 0 Å². The fraction of sp³-hybridized carbons (Fsp3) is 0.545. The normalized spacial score (nSPS) is 18.8.